The fourth-order valence-corrected chi connectivity index (χ4v) is 3.36. The summed E-state index contributed by atoms with van der Waals surface area (Å²) in [5.41, 5.74) is 3.88. The number of rotatable bonds is 5. The molecule has 0 saturated carbocycles. The normalized spacial score (nSPS) is 10.8. The average Bonchev–Trinajstić information content (AvgIpc) is 2.96. The molecule has 0 saturated heterocycles. The first kappa shape index (κ1) is 19.1. The summed E-state index contributed by atoms with van der Waals surface area (Å²) >= 11 is 3.46. The molecule has 140 valence electrons. The molecule has 1 aromatic carbocycles. The van der Waals surface area contributed by atoms with Crippen molar-refractivity contribution >= 4 is 39.1 Å². The molecule has 0 radical (unpaired) electrons. The van der Waals surface area contributed by atoms with Crippen LogP contribution in [0.15, 0.2) is 41.0 Å². The first-order valence-corrected chi connectivity index (χ1v) is 9.43. The SMILES string of the molecule is CCCOC(=O)c1ccc(NC(=O)c2c(C)nc3c(C)cc(Br)cn23)cc1. The summed E-state index contributed by atoms with van der Waals surface area (Å²) in [7, 11) is 0. The lowest BCUT2D eigenvalue weighted by atomic mass is 10.2. The number of esters is 1. The van der Waals surface area contributed by atoms with Crippen LogP contribution >= 0.6 is 15.9 Å². The number of benzene rings is 1. The number of aromatic nitrogens is 2. The Labute approximate surface area is 165 Å². The lowest BCUT2D eigenvalue weighted by Gasteiger charge is -2.08. The minimum absolute atomic E-state index is 0.265. The summed E-state index contributed by atoms with van der Waals surface area (Å²) in [6, 6.07) is 8.59. The number of hydrogen-bond acceptors (Lipinski definition) is 4. The second kappa shape index (κ2) is 7.92. The van der Waals surface area contributed by atoms with Crippen LogP contribution in [-0.4, -0.2) is 27.9 Å². The maximum absolute atomic E-state index is 12.8. The molecule has 0 fully saturated rings. The van der Waals surface area contributed by atoms with Gasteiger partial charge in [0.15, 0.2) is 0 Å². The Hall–Kier alpha value is -2.67. The lowest BCUT2D eigenvalue weighted by molar-refractivity contribution is 0.0505. The number of imidazole rings is 1. The fourth-order valence-electron chi connectivity index (χ4n) is 2.81. The Kier molecular flexibility index (Phi) is 5.60. The molecule has 3 aromatic rings. The predicted octanol–water partition coefficient (Wildman–Crippen LogP) is 4.53. The van der Waals surface area contributed by atoms with E-state index in [4.69, 9.17) is 4.74 Å². The van der Waals surface area contributed by atoms with Crippen LogP contribution < -0.4 is 5.32 Å². The minimum Gasteiger partial charge on any atom is -0.462 e. The fraction of sp³-hybridized carbons (Fsp3) is 0.250. The third-order valence-corrected chi connectivity index (χ3v) is 4.51. The average molecular weight is 430 g/mol. The molecule has 3 rings (SSSR count). The Morgan fingerprint density at radius 1 is 1.22 bits per heavy atom. The van der Waals surface area contributed by atoms with E-state index in [9.17, 15) is 9.59 Å². The Bertz CT molecular complexity index is 1010. The maximum atomic E-state index is 12.8. The summed E-state index contributed by atoms with van der Waals surface area (Å²) in [4.78, 5) is 29.2. The number of fused-ring (bicyclic) bond motifs is 1. The van der Waals surface area contributed by atoms with Crippen molar-refractivity contribution in [2.24, 2.45) is 0 Å². The first-order chi connectivity index (χ1) is 12.9. The first-order valence-electron chi connectivity index (χ1n) is 8.64. The van der Waals surface area contributed by atoms with E-state index in [0.29, 0.717) is 29.2 Å². The van der Waals surface area contributed by atoms with E-state index in [1.165, 1.54) is 0 Å². The Morgan fingerprint density at radius 3 is 2.59 bits per heavy atom. The van der Waals surface area contributed by atoms with Gasteiger partial charge < -0.3 is 10.1 Å². The summed E-state index contributed by atoms with van der Waals surface area (Å²) < 4.78 is 7.75. The van der Waals surface area contributed by atoms with Crippen LogP contribution in [0.1, 0.15) is 45.4 Å². The van der Waals surface area contributed by atoms with Gasteiger partial charge in [-0.2, -0.15) is 0 Å². The Balaban J connectivity index is 1.83. The number of aryl methyl sites for hydroxylation is 2. The zero-order chi connectivity index (χ0) is 19.6. The number of amides is 1. The van der Waals surface area contributed by atoms with Gasteiger partial charge in [0.05, 0.1) is 17.9 Å². The molecule has 0 bridgehead atoms. The third kappa shape index (κ3) is 4.03. The van der Waals surface area contributed by atoms with Crippen molar-refractivity contribution in [2.45, 2.75) is 27.2 Å². The van der Waals surface area contributed by atoms with E-state index in [2.05, 4.69) is 26.2 Å². The predicted molar refractivity (Wildman–Crippen MR) is 107 cm³/mol. The van der Waals surface area contributed by atoms with Crippen molar-refractivity contribution in [1.29, 1.82) is 0 Å². The highest BCUT2D eigenvalue weighted by molar-refractivity contribution is 9.10. The van der Waals surface area contributed by atoms with Crippen molar-refractivity contribution in [3.63, 3.8) is 0 Å². The molecule has 1 N–H and O–H groups in total. The zero-order valence-electron chi connectivity index (χ0n) is 15.4. The highest BCUT2D eigenvalue weighted by Gasteiger charge is 2.18. The molecular formula is C20H20BrN3O3. The Morgan fingerprint density at radius 2 is 1.93 bits per heavy atom. The molecule has 0 unspecified atom stereocenters. The maximum Gasteiger partial charge on any atom is 0.338 e. The molecule has 0 aliphatic heterocycles. The van der Waals surface area contributed by atoms with Crippen LogP contribution in [0.2, 0.25) is 0 Å². The van der Waals surface area contributed by atoms with E-state index >= 15 is 0 Å². The summed E-state index contributed by atoms with van der Waals surface area (Å²) in [6.45, 7) is 6.08. The monoisotopic (exact) mass is 429 g/mol. The van der Waals surface area contributed by atoms with Crippen molar-refractivity contribution < 1.29 is 14.3 Å². The van der Waals surface area contributed by atoms with E-state index in [0.717, 1.165) is 22.1 Å². The van der Waals surface area contributed by atoms with Gasteiger partial charge in [0.1, 0.15) is 11.3 Å². The molecule has 0 atom stereocenters. The van der Waals surface area contributed by atoms with Gasteiger partial charge in [-0.05, 0) is 72.1 Å². The van der Waals surface area contributed by atoms with Crippen LogP contribution in [0, 0.1) is 13.8 Å². The number of hydrogen-bond donors (Lipinski definition) is 1. The molecule has 1 amide bonds. The lowest BCUT2D eigenvalue weighted by Crippen LogP contribution is -2.16. The van der Waals surface area contributed by atoms with Gasteiger partial charge in [-0.1, -0.05) is 6.92 Å². The summed E-state index contributed by atoms with van der Waals surface area (Å²) in [6.07, 6.45) is 2.60. The number of pyridine rings is 1. The number of halogens is 1. The number of ether oxygens (including phenoxy) is 1. The van der Waals surface area contributed by atoms with Crippen molar-refractivity contribution in [2.75, 3.05) is 11.9 Å². The zero-order valence-corrected chi connectivity index (χ0v) is 17.0. The number of nitrogens with zero attached hydrogens (tertiary/aromatic N) is 2. The molecule has 0 spiro atoms. The van der Waals surface area contributed by atoms with E-state index in [1.54, 1.807) is 28.7 Å². The molecule has 27 heavy (non-hydrogen) atoms. The smallest absolute Gasteiger partial charge is 0.338 e. The second-order valence-corrected chi connectivity index (χ2v) is 7.16. The molecule has 7 heteroatoms. The van der Waals surface area contributed by atoms with Crippen LogP contribution in [0.5, 0.6) is 0 Å². The van der Waals surface area contributed by atoms with Gasteiger partial charge in [0, 0.05) is 16.4 Å². The van der Waals surface area contributed by atoms with E-state index in [1.807, 2.05) is 33.0 Å². The molecule has 0 aliphatic carbocycles. The van der Waals surface area contributed by atoms with Gasteiger partial charge in [0.25, 0.3) is 5.91 Å². The molecule has 2 aromatic heterocycles. The van der Waals surface area contributed by atoms with Crippen LogP contribution in [0.25, 0.3) is 5.65 Å². The van der Waals surface area contributed by atoms with Gasteiger partial charge in [-0.25, -0.2) is 9.78 Å². The highest BCUT2D eigenvalue weighted by Crippen LogP contribution is 2.21. The second-order valence-electron chi connectivity index (χ2n) is 6.25. The number of carbonyl (C=O) groups excluding carboxylic acids is 2. The number of anilines is 1. The highest BCUT2D eigenvalue weighted by atomic mass is 79.9. The van der Waals surface area contributed by atoms with Gasteiger partial charge in [0.2, 0.25) is 0 Å². The summed E-state index contributed by atoms with van der Waals surface area (Å²) in [5, 5.41) is 2.86. The number of nitrogens with one attached hydrogen (secondary N) is 1. The topological polar surface area (TPSA) is 72.7 Å². The molecule has 0 aliphatic rings. The van der Waals surface area contributed by atoms with Crippen LogP contribution in [-0.2, 0) is 4.74 Å². The van der Waals surface area contributed by atoms with Crippen molar-refractivity contribution in [1.82, 2.24) is 9.38 Å². The largest absolute Gasteiger partial charge is 0.462 e. The molecule has 6 nitrogen and oxygen atoms in total. The molecular weight excluding hydrogens is 410 g/mol. The number of carbonyl (C=O) groups is 2. The summed E-state index contributed by atoms with van der Waals surface area (Å²) in [5.74, 6) is -0.633. The van der Waals surface area contributed by atoms with Crippen LogP contribution in [0.4, 0.5) is 5.69 Å². The van der Waals surface area contributed by atoms with Crippen LogP contribution in [0.3, 0.4) is 0 Å². The van der Waals surface area contributed by atoms with Gasteiger partial charge >= 0.3 is 5.97 Å². The quantitative estimate of drug-likeness (QED) is 0.604. The minimum atomic E-state index is -0.368. The third-order valence-electron chi connectivity index (χ3n) is 4.08. The van der Waals surface area contributed by atoms with Gasteiger partial charge in [-0.3, -0.25) is 9.20 Å². The molecule has 2 heterocycles. The van der Waals surface area contributed by atoms with E-state index in [-0.39, 0.29) is 11.9 Å². The standard InChI is InChI=1S/C20H20BrN3O3/c1-4-9-27-20(26)14-5-7-16(8-6-14)23-19(25)17-13(3)22-18-12(2)10-15(21)11-24(17)18/h5-8,10-11H,4,9H2,1-3H3,(H,23,25). The van der Waals surface area contributed by atoms with Crippen molar-refractivity contribution in [3.8, 4) is 0 Å². The van der Waals surface area contributed by atoms with Crippen molar-refractivity contribution in [3.05, 3.63) is 63.5 Å². The van der Waals surface area contributed by atoms with Gasteiger partial charge in [-0.15, -0.1) is 0 Å². The van der Waals surface area contributed by atoms with E-state index < -0.39 is 0 Å².